The monoisotopic (exact) mass is 308 g/mol. The standard InChI is InChI=1S/C11H12F4N4O2/c12-7-3-5(6(4-8(7)16)11(13,14)15)10(21)9(20)1-2-18-19-17/h3-4,9-10,20-21H,1-2,16H2. The Morgan fingerprint density at radius 3 is 2.48 bits per heavy atom. The molecule has 0 aliphatic rings. The fourth-order valence-electron chi connectivity index (χ4n) is 1.70. The molecule has 0 fully saturated rings. The number of nitrogens with zero attached hydrogens (tertiary/aromatic N) is 3. The Morgan fingerprint density at radius 2 is 1.95 bits per heavy atom. The van der Waals surface area contributed by atoms with E-state index in [2.05, 4.69) is 10.0 Å². The van der Waals surface area contributed by atoms with Crippen molar-refractivity contribution in [2.45, 2.75) is 24.8 Å². The number of aliphatic hydroxyl groups excluding tert-OH is 2. The van der Waals surface area contributed by atoms with E-state index in [4.69, 9.17) is 11.3 Å². The average Bonchev–Trinajstić information content (AvgIpc) is 2.39. The minimum absolute atomic E-state index is 0.229. The molecule has 0 aliphatic carbocycles. The van der Waals surface area contributed by atoms with Crippen LogP contribution in [0, 0.1) is 5.82 Å². The molecule has 0 amide bonds. The number of hydrogen-bond acceptors (Lipinski definition) is 4. The number of nitrogens with two attached hydrogens (primary N) is 1. The fourth-order valence-corrected chi connectivity index (χ4v) is 1.70. The lowest BCUT2D eigenvalue weighted by molar-refractivity contribution is -0.140. The maximum absolute atomic E-state index is 13.3. The molecule has 0 bridgehead atoms. The van der Waals surface area contributed by atoms with E-state index in [1.54, 1.807) is 0 Å². The Kier molecular flexibility index (Phi) is 5.36. The van der Waals surface area contributed by atoms with Crippen LogP contribution in [0.3, 0.4) is 0 Å². The summed E-state index contributed by atoms with van der Waals surface area (Å²) in [4.78, 5) is 2.40. The lowest BCUT2D eigenvalue weighted by Gasteiger charge is -2.22. The number of azide groups is 1. The highest BCUT2D eigenvalue weighted by Crippen LogP contribution is 2.37. The molecule has 2 unspecified atom stereocenters. The third kappa shape index (κ3) is 4.22. The van der Waals surface area contributed by atoms with Gasteiger partial charge < -0.3 is 15.9 Å². The Morgan fingerprint density at radius 1 is 1.33 bits per heavy atom. The van der Waals surface area contributed by atoms with Crippen LogP contribution in [0.5, 0.6) is 0 Å². The summed E-state index contributed by atoms with van der Waals surface area (Å²) in [5.41, 5.74) is 10.3. The largest absolute Gasteiger partial charge is 0.416 e. The van der Waals surface area contributed by atoms with Crippen LogP contribution >= 0.6 is 0 Å². The van der Waals surface area contributed by atoms with E-state index in [0.717, 1.165) is 0 Å². The van der Waals surface area contributed by atoms with Gasteiger partial charge >= 0.3 is 6.18 Å². The molecule has 0 radical (unpaired) electrons. The van der Waals surface area contributed by atoms with Gasteiger partial charge in [-0.2, -0.15) is 13.2 Å². The van der Waals surface area contributed by atoms with Crippen LogP contribution in [-0.4, -0.2) is 22.9 Å². The number of halogens is 4. The van der Waals surface area contributed by atoms with E-state index in [9.17, 15) is 27.8 Å². The van der Waals surface area contributed by atoms with Crippen molar-refractivity contribution in [3.05, 3.63) is 39.5 Å². The first kappa shape index (κ1) is 17.0. The average molecular weight is 308 g/mol. The first-order valence-corrected chi connectivity index (χ1v) is 5.71. The van der Waals surface area contributed by atoms with Gasteiger partial charge in [-0.25, -0.2) is 4.39 Å². The summed E-state index contributed by atoms with van der Waals surface area (Å²) in [5, 5.41) is 22.4. The van der Waals surface area contributed by atoms with Crippen LogP contribution in [0.15, 0.2) is 17.2 Å². The number of anilines is 1. The zero-order chi connectivity index (χ0) is 16.2. The molecule has 0 aliphatic heterocycles. The van der Waals surface area contributed by atoms with Gasteiger partial charge in [0.05, 0.1) is 17.4 Å². The molecular weight excluding hydrogens is 296 g/mol. The second kappa shape index (κ2) is 6.61. The number of benzene rings is 1. The highest BCUT2D eigenvalue weighted by atomic mass is 19.4. The molecule has 1 aromatic rings. The van der Waals surface area contributed by atoms with Gasteiger partial charge in [0.1, 0.15) is 11.9 Å². The van der Waals surface area contributed by atoms with Crippen LogP contribution in [0.1, 0.15) is 23.7 Å². The summed E-state index contributed by atoms with van der Waals surface area (Å²) >= 11 is 0. The third-order valence-electron chi connectivity index (χ3n) is 2.75. The van der Waals surface area contributed by atoms with Crippen molar-refractivity contribution in [3.63, 3.8) is 0 Å². The molecule has 0 aromatic heterocycles. The molecule has 1 rings (SSSR count). The van der Waals surface area contributed by atoms with Crippen molar-refractivity contribution in [2.75, 3.05) is 12.3 Å². The molecule has 0 spiro atoms. The minimum Gasteiger partial charge on any atom is -0.396 e. The van der Waals surface area contributed by atoms with Gasteiger partial charge in [-0.3, -0.25) is 0 Å². The number of alkyl halides is 3. The molecule has 0 saturated heterocycles. The SMILES string of the molecule is [N-]=[N+]=NCCC(O)C(O)c1cc(F)c(N)cc1C(F)(F)F. The molecule has 6 nitrogen and oxygen atoms in total. The number of aliphatic hydroxyl groups is 2. The van der Waals surface area contributed by atoms with Crippen molar-refractivity contribution in [1.29, 1.82) is 0 Å². The van der Waals surface area contributed by atoms with Crippen LogP contribution in [0.2, 0.25) is 0 Å². The van der Waals surface area contributed by atoms with Crippen molar-refractivity contribution in [1.82, 2.24) is 0 Å². The van der Waals surface area contributed by atoms with Gasteiger partial charge in [-0.05, 0) is 29.6 Å². The molecule has 10 heteroatoms. The summed E-state index contributed by atoms with van der Waals surface area (Å²) < 4.78 is 51.9. The molecular formula is C11H12F4N4O2. The number of nitrogen functional groups attached to an aromatic ring is 1. The lowest BCUT2D eigenvalue weighted by atomic mass is 9.96. The van der Waals surface area contributed by atoms with Crippen LogP contribution in [0.25, 0.3) is 10.4 Å². The van der Waals surface area contributed by atoms with E-state index < -0.39 is 41.0 Å². The van der Waals surface area contributed by atoms with Crippen LogP contribution < -0.4 is 5.73 Å². The first-order valence-electron chi connectivity index (χ1n) is 5.71. The predicted octanol–water partition coefficient (Wildman–Crippen LogP) is 2.52. The summed E-state index contributed by atoms with van der Waals surface area (Å²) in [7, 11) is 0. The second-order valence-corrected chi connectivity index (χ2v) is 4.21. The van der Waals surface area contributed by atoms with Gasteiger partial charge in [0.25, 0.3) is 0 Å². The van der Waals surface area contributed by atoms with Gasteiger partial charge in [0, 0.05) is 11.5 Å². The van der Waals surface area contributed by atoms with Crippen LogP contribution in [0.4, 0.5) is 23.2 Å². The van der Waals surface area contributed by atoms with Crippen molar-refractivity contribution >= 4 is 5.69 Å². The quantitative estimate of drug-likeness (QED) is 0.255. The fraction of sp³-hybridized carbons (Fsp3) is 0.455. The Labute approximate surface area is 116 Å². The zero-order valence-corrected chi connectivity index (χ0v) is 10.5. The molecule has 21 heavy (non-hydrogen) atoms. The molecule has 0 saturated carbocycles. The molecule has 2 atom stereocenters. The summed E-state index contributed by atoms with van der Waals surface area (Å²) in [6.07, 6.45) is -8.80. The van der Waals surface area contributed by atoms with E-state index in [1.165, 1.54) is 0 Å². The van der Waals surface area contributed by atoms with Crippen LogP contribution in [-0.2, 0) is 6.18 Å². The molecule has 116 valence electrons. The normalized spacial score (nSPS) is 14.4. The highest BCUT2D eigenvalue weighted by molar-refractivity contribution is 5.48. The molecule has 0 heterocycles. The highest BCUT2D eigenvalue weighted by Gasteiger charge is 2.37. The zero-order valence-electron chi connectivity index (χ0n) is 10.5. The van der Waals surface area contributed by atoms with Crippen molar-refractivity contribution < 1.29 is 27.8 Å². The Bertz CT molecular complexity index is 558. The van der Waals surface area contributed by atoms with E-state index in [0.29, 0.717) is 12.1 Å². The lowest BCUT2D eigenvalue weighted by Crippen LogP contribution is -2.23. The van der Waals surface area contributed by atoms with E-state index >= 15 is 0 Å². The topological polar surface area (TPSA) is 115 Å². The smallest absolute Gasteiger partial charge is 0.396 e. The Hall–Kier alpha value is -2.03. The predicted molar refractivity (Wildman–Crippen MR) is 65.4 cm³/mol. The van der Waals surface area contributed by atoms with Crippen molar-refractivity contribution in [2.24, 2.45) is 5.11 Å². The maximum atomic E-state index is 13.3. The van der Waals surface area contributed by atoms with Gasteiger partial charge in [-0.1, -0.05) is 5.11 Å². The summed E-state index contributed by atoms with van der Waals surface area (Å²) in [5.74, 6) is -1.14. The second-order valence-electron chi connectivity index (χ2n) is 4.21. The maximum Gasteiger partial charge on any atom is 0.416 e. The number of rotatable bonds is 5. The first-order chi connectivity index (χ1) is 9.68. The Balaban J connectivity index is 3.15. The third-order valence-corrected chi connectivity index (χ3v) is 2.75. The summed E-state index contributed by atoms with van der Waals surface area (Å²) in [6.45, 7) is -0.229. The summed E-state index contributed by atoms with van der Waals surface area (Å²) in [6, 6.07) is 0.785. The minimum atomic E-state index is -4.87. The van der Waals surface area contributed by atoms with E-state index in [1.807, 2.05) is 0 Å². The van der Waals surface area contributed by atoms with E-state index in [-0.39, 0.29) is 13.0 Å². The molecule has 1 aromatic carbocycles. The van der Waals surface area contributed by atoms with Gasteiger partial charge in [0.15, 0.2) is 0 Å². The van der Waals surface area contributed by atoms with Gasteiger partial charge in [-0.15, -0.1) is 0 Å². The number of hydrogen-bond donors (Lipinski definition) is 3. The van der Waals surface area contributed by atoms with Gasteiger partial charge in [0.2, 0.25) is 0 Å². The molecule has 4 N–H and O–H groups in total. The van der Waals surface area contributed by atoms with Crippen molar-refractivity contribution in [3.8, 4) is 0 Å².